The Hall–Kier alpha value is -2.67. The number of hydrogen-bond donors (Lipinski definition) is 2. The molecule has 23 heavy (non-hydrogen) atoms. The number of primary amides is 1. The number of carbonyl (C=O) groups is 1. The van der Waals surface area contributed by atoms with Gasteiger partial charge in [0, 0.05) is 11.5 Å². The summed E-state index contributed by atoms with van der Waals surface area (Å²) in [5.74, 6) is 1.05. The SMILES string of the molecule is NC(=O)Oc1sc2nc(-c3ccccc3)nc(C3CC3)c2c1N. The highest BCUT2D eigenvalue weighted by Gasteiger charge is 2.31. The van der Waals surface area contributed by atoms with Crippen molar-refractivity contribution in [1.82, 2.24) is 9.97 Å². The molecule has 6 nitrogen and oxygen atoms in total. The van der Waals surface area contributed by atoms with E-state index in [4.69, 9.17) is 21.2 Å². The molecule has 2 aromatic heterocycles. The lowest BCUT2D eigenvalue weighted by Gasteiger charge is -2.06. The standard InChI is InChI=1S/C16H14N4O2S/c17-11-10-12(8-6-7-8)19-13(9-4-2-1-3-5-9)20-14(10)23-15(11)22-16(18)21/h1-5,8H,6-7,17H2,(H2,18,21). The Morgan fingerprint density at radius 2 is 1.96 bits per heavy atom. The van der Waals surface area contributed by atoms with Gasteiger partial charge in [0.2, 0.25) is 5.06 Å². The highest BCUT2D eigenvalue weighted by atomic mass is 32.1. The molecule has 7 heteroatoms. The fourth-order valence-electron chi connectivity index (χ4n) is 2.56. The number of ether oxygens (including phenoxy) is 1. The van der Waals surface area contributed by atoms with Gasteiger partial charge in [0.05, 0.1) is 16.8 Å². The van der Waals surface area contributed by atoms with Crippen LogP contribution in [-0.2, 0) is 0 Å². The zero-order valence-electron chi connectivity index (χ0n) is 12.2. The zero-order valence-corrected chi connectivity index (χ0v) is 13.0. The Morgan fingerprint density at radius 1 is 1.22 bits per heavy atom. The van der Waals surface area contributed by atoms with Gasteiger partial charge in [-0.2, -0.15) is 0 Å². The smallest absolute Gasteiger partial charge is 0.397 e. The number of rotatable bonds is 3. The summed E-state index contributed by atoms with van der Waals surface area (Å²) in [5, 5.41) is 1.07. The molecule has 1 aliphatic rings. The van der Waals surface area contributed by atoms with Crippen molar-refractivity contribution < 1.29 is 9.53 Å². The van der Waals surface area contributed by atoms with Gasteiger partial charge in [0.25, 0.3) is 0 Å². The molecule has 0 saturated heterocycles. The van der Waals surface area contributed by atoms with Crippen molar-refractivity contribution in [2.45, 2.75) is 18.8 Å². The highest BCUT2D eigenvalue weighted by Crippen LogP contribution is 2.48. The zero-order chi connectivity index (χ0) is 16.0. The van der Waals surface area contributed by atoms with E-state index in [0.29, 0.717) is 17.4 Å². The molecule has 116 valence electrons. The van der Waals surface area contributed by atoms with Gasteiger partial charge >= 0.3 is 6.09 Å². The summed E-state index contributed by atoms with van der Waals surface area (Å²) in [6, 6.07) is 9.78. The van der Waals surface area contributed by atoms with Gasteiger partial charge in [-0.05, 0) is 12.8 Å². The summed E-state index contributed by atoms with van der Waals surface area (Å²) in [5.41, 5.74) is 13.5. The molecule has 4 rings (SSSR count). The fraction of sp³-hybridized carbons (Fsp3) is 0.188. The van der Waals surface area contributed by atoms with Gasteiger partial charge < -0.3 is 16.2 Å². The van der Waals surface area contributed by atoms with E-state index in [0.717, 1.165) is 34.3 Å². The second kappa shape index (κ2) is 5.20. The van der Waals surface area contributed by atoms with Crippen molar-refractivity contribution in [3.8, 4) is 16.5 Å². The molecule has 4 N–H and O–H groups in total. The lowest BCUT2D eigenvalue weighted by Crippen LogP contribution is -2.16. The normalized spacial score (nSPS) is 14.1. The molecule has 0 aliphatic heterocycles. The largest absolute Gasteiger partial charge is 0.410 e. The summed E-state index contributed by atoms with van der Waals surface area (Å²) >= 11 is 1.22. The number of anilines is 1. The number of hydrogen-bond acceptors (Lipinski definition) is 6. The van der Waals surface area contributed by atoms with Crippen molar-refractivity contribution in [1.29, 1.82) is 0 Å². The molecule has 1 amide bonds. The molecule has 1 aliphatic carbocycles. The minimum atomic E-state index is -0.882. The van der Waals surface area contributed by atoms with Crippen LogP contribution in [0.5, 0.6) is 5.06 Å². The molecule has 0 bridgehead atoms. The molecule has 1 fully saturated rings. The van der Waals surface area contributed by atoms with E-state index in [2.05, 4.69) is 4.98 Å². The summed E-state index contributed by atoms with van der Waals surface area (Å²) in [6.07, 6.45) is 1.29. The number of benzene rings is 1. The third kappa shape index (κ3) is 2.49. The predicted molar refractivity (Wildman–Crippen MR) is 89.4 cm³/mol. The van der Waals surface area contributed by atoms with E-state index in [-0.39, 0.29) is 5.06 Å². The van der Waals surface area contributed by atoms with E-state index in [9.17, 15) is 4.79 Å². The molecule has 3 aromatic rings. The van der Waals surface area contributed by atoms with Crippen LogP contribution in [0.3, 0.4) is 0 Å². The number of amides is 1. The topological polar surface area (TPSA) is 104 Å². The Kier molecular flexibility index (Phi) is 3.16. The second-order valence-electron chi connectivity index (χ2n) is 5.48. The van der Waals surface area contributed by atoms with Crippen LogP contribution in [-0.4, -0.2) is 16.1 Å². The van der Waals surface area contributed by atoms with Crippen LogP contribution in [0, 0.1) is 0 Å². The first-order valence-electron chi connectivity index (χ1n) is 7.26. The average Bonchev–Trinajstić information content (AvgIpc) is 3.34. The first-order chi connectivity index (χ1) is 11.1. The lowest BCUT2D eigenvalue weighted by molar-refractivity contribution is 0.212. The van der Waals surface area contributed by atoms with Crippen molar-refractivity contribution in [3.05, 3.63) is 36.0 Å². The number of nitrogens with two attached hydrogens (primary N) is 2. The summed E-state index contributed by atoms with van der Waals surface area (Å²) in [4.78, 5) is 21.1. The van der Waals surface area contributed by atoms with Gasteiger partial charge in [0.1, 0.15) is 4.83 Å². The maximum Gasteiger partial charge on any atom is 0.410 e. The van der Waals surface area contributed by atoms with E-state index < -0.39 is 6.09 Å². The van der Waals surface area contributed by atoms with Crippen LogP contribution >= 0.6 is 11.3 Å². The number of nitrogen functional groups attached to an aromatic ring is 1. The first-order valence-corrected chi connectivity index (χ1v) is 8.07. The van der Waals surface area contributed by atoms with E-state index in [1.54, 1.807) is 0 Å². The van der Waals surface area contributed by atoms with Gasteiger partial charge in [0.15, 0.2) is 5.82 Å². The maximum atomic E-state index is 11.0. The summed E-state index contributed by atoms with van der Waals surface area (Å²) in [7, 11) is 0. The van der Waals surface area contributed by atoms with Crippen LogP contribution in [0.1, 0.15) is 24.5 Å². The van der Waals surface area contributed by atoms with E-state index >= 15 is 0 Å². The monoisotopic (exact) mass is 326 g/mol. The van der Waals surface area contributed by atoms with Gasteiger partial charge in [-0.25, -0.2) is 14.8 Å². The minimum absolute atomic E-state index is 0.286. The molecule has 0 unspecified atom stereocenters. The molecule has 2 heterocycles. The number of nitrogens with zero attached hydrogens (tertiary/aromatic N) is 2. The van der Waals surface area contributed by atoms with Gasteiger partial charge in [-0.1, -0.05) is 41.7 Å². The Bertz CT molecular complexity index is 903. The first kappa shape index (κ1) is 14.0. The van der Waals surface area contributed by atoms with Crippen LogP contribution in [0.4, 0.5) is 10.5 Å². The lowest BCUT2D eigenvalue weighted by atomic mass is 10.1. The molecule has 1 saturated carbocycles. The Labute approximate surface area is 136 Å². The molecular formula is C16H14N4O2S. The van der Waals surface area contributed by atoms with Crippen molar-refractivity contribution in [2.24, 2.45) is 5.73 Å². The number of carbonyl (C=O) groups excluding carboxylic acids is 1. The van der Waals surface area contributed by atoms with Crippen LogP contribution in [0.2, 0.25) is 0 Å². The third-order valence-corrected chi connectivity index (χ3v) is 4.75. The van der Waals surface area contributed by atoms with Gasteiger partial charge in [-0.15, -0.1) is 0 Å². The van der Waals surface area contributed by atoms with Crippen LogP contribution in [0.25, 0.3) is 21.6 Å². The Morgan fingerprint density at radius 3 is 2.61 bits per heavy atom. The van der Waals surface area contributed by atoms with Crippen molar-refractivity contribution in [3.63, 3.8) is 0 Å². The molecule has 0 spiro atoms. The minimum Gasteiger partial charge on any atom is -0.397 e. The average molecular weight is 326 g/mol. The molecular weight excluding hydrogens is 312 g/mol. The number of thiophene rings is 1. The molecule has 0 radical (unpaired) electrons. The van der Waals surface area contributed by atoms with E-state index in [1.165, 1.54) is 11.3 Å². The van der Waals surface area contributed by atoms with Crippen LogP contribution in [0.15, 0.2) is 30.3 Å². The number of aromatic nitrogens is 2. The van der Waals surface area contributed by atoms with Gasteiger partial charge in [-0.3, -0.25) is 0 Å². The third-order valence-electron chi connectivity index (χ3n) is 3.77. The maximum absolute atomic E-state index is 11.0. The van der Waals surface area contributed by atoms with E-state index in [1.807, 2.05) is 30.3 Å². The van der Waals surface area contributed by atoms with Crippen molar-refractivity contribution in [2.75, 3.05) is 5.73 Å². The predicted octanol–water partition coefficient (Wildman–Crippen LogP) is 3.28. The fourth-order valence-corrected chi connectivity index (χ4v) is 3.52. The molecule has 1 aromatic carbocycles. The molecule has 0 atom stereocenters. The van der Waals surface area contributed by atoms with Crippen molar-refractivity contribution >= 4 is 33.3 Å². The Balaban J connectivity index is 1.93. The highest BCUT2D eigenvalue weighted by molar-refractivity contribution is 7.21. The summed E-state index contributed by atoms with van der Waals surface area (Å²) < 4.78 is 5.00. The quantitative estimate of drug-likeness (QED) is 0.768. The number of fused-ring (bicyclic) bond motifs is 1. The second-order valence-corrected chi connectivity index (χ2v) is 6.44. The summed E-state index contributed by atoms with van der Waals surface area (Å²) in [6.45, 7) is 0. The van der Waals surface area contributed by atoms with Crippen LogP contribution < -0.4 is 16.2 Å².